The molecule has 0 aromatic heterocycles. The molecule has 4 rings (SSSR count). The monoisotopic (exact) mass is 470 g/mol. The molecule has 0 bridgehead atoms. The Morgan fingerprint density at radius 2 is 1.71 bits per heavy atom. The van der Waals surface area contributed by atoms with Crippen LogP contribution in [0.25, 0.3) is 11.1 Å². The minimum Gasteiger partial charge on any atom is -0.394 e. The van der Waals surface area contributed by atoms with Crippen LogP contribution in [0.3, 0.4) is 0 Å². The van der Waals surface area contributed by atoms with Crippen LogP contribution in [-0.2, 0) is 20.7 Å². The highest BCUT2D eigenvalue weighted by atomic mass is 19.1. The van der Waals surface area contributed by atoms with E-state index in [2.05, 4.69) is 29.6 Å². The minimum atomic E-state index is -0.238. The maximum absolute atomic E-state index is 13.2. The van der Waals surface area contributed by atoms with E-state index in [-0.39, 0.29) is 48.8 Å². The summed E-state index contributed by atoms with van der Waals surface area (Å²) >= 11 is 0. The Balaban J connectivity index is 1.40. The van der Waals surface area contributed by atoms with E-state index < -0.39 is 0 Å². The van der Waals surface area contributed by atoms with Crippen molar-refractivity contribution < 1.29 is 23.8 Å². The van der Waals surface area contributed by atoms with Crippen molar-refractivity contribution in [2.24, 2.45) is 0 Å². The Bertz CT molecular complexity index is 935. The molecule has 2 N–H and O–H groups in total. The van der Waals surface area contributed by atoms with Gasteiger partial charge in [0.15, 0.2) is 0 Å². The lowest BCUT2D eigenvalue weighted by Gasteiger charge is -2.45. The first-order chi connectivity index (χ1) is 16.4. The Morgan fingerprint density at radius 1 is 1.03 bits per heavy atom. The molecular formula is C27H35FN2O4. The zero-order valence-electron chi connectivity index (χ0n) is 20.0. The summed E-state index contributed by atoms with van der Waals surface area (Å²) in [5.74, 6) is -0.266. The number of carbonyl (C=O) groups is 1. The van der Waals surface area contributed by atoms with Crippen molar-refractivity contribution in [2.45, 2.75) is 62.6 Å². The third-order valence-electron chi connectivity index (χ3n) is 6.70. The van der Waals surface area contributed by atoms with E-state index >= 15 is 0 Å². The smallest absolute Gasteiger partial charge is 0.234 e. The number of carbonyl (C=O) groups excluding carboxylic acids is 1. The number of hydrogen-bond donors (Lipinski definition) is 2. The number of aliphatic hydroxyl groups excluding tert-OH is 1. The fourth-order valence-electron chi connectivity index (χ4n) is 4.93. The summed E-state index contributed by atoms with van der Waals surface area (Å²) in [5, 5.41) is 12.7. The van der Waals surface area contributed by atoms with Crippen LogP contribution in [0, 0.1) is 5.82 Å². The summed E-state index contributed by atoms with van der Waals surface area (Å²) in [7, 11) is 3.74. The molecule has 2 fully saturated rings. The van der Waals surface area contributed by atoms with Gasteiger partial charge in [-0.15, -0.1) is 0 Å². The molecule has 7 heteroatoms. The van der Waals surface area contributed by atoms with Crippen LogP contribution in [-0.4, -0.2) is 73.6 Å². The van der Waals surface area contributed by atoms with Crippen LogP contribution in [0.2, 0.25) is 0 Å². The van der Waals surface area contributed by atoms with Gasteiger partial charge in [-0.1, -0.05) is 36.4 Å². The number of fused-ring (bicyclic) bond motifs is 1. The second-order valence-electron chi connectivity index (χ2n) is 9.66. The lowest BCUT2D eigenvalue weighted by molar-refractivity contribution is -0.202. The van der Waals surface area contributed by atoms with E-state index in [9.17, 15) is 14.3 Å². The molecule has 2 saturated heterocycles. The lowest BCUT2D eigenvalue weighted by Crippen LogP contribution is -2.58. The number of nitrogens with one attached hydrogen (secondary N) is 1. The number of amides is 1. The Kier molecular flexibility index (Phi) is 8.32. The molecule has 1 amide bonds. The summed E-state index contributed by atoms with van der Waals surface area (Å²) in [6.45, 7) is 0.334. The molecule has 0 spiro atoms. The molecule has 6 nitrogen and oxygen atoms in total. The van der Waals surface area contributed by atoms with E-state index in [0.717, 1.165) is 36.8 Å². The highest BCUT2D eigenvalue weighted by Gasteiger charge is 2.42. The molecule has 5 atom stereocenters. The van der Waals surface area contributed by atoms with E-state index in [1.165, 1.54) is 17.7 Å². The highest BCUT2D eigenvalue weighted by molar-refractivity contribution is 5.78. The summed E-state index contributed by atoms with van der Waals surface area (Å²) in [6, 6.07) is 14.7. The number of halogens is 1. The van der Waals surface area contributed by atoms with Gasteiger partial charge in [-0.3, -0.25) is 4.79 Å². The van der Waals surface area contributed by atoms with Gasteiger partial charge in [0.05, 0.1) is 43.6 Å². The van der Waals surface area contributed by atoms with Crippen molar-refractivity contribution in [2.75, 3.05) is 27.2 Å². The van der Waals surface area contributed by atoms with Crippen LogP contribution in [0.5, 0.6) is 0 Å². The maximum atomic E-state index is 13.2. The van der Waals surface area contributed by atoms with Crippen molar-refractivity contribution in [1.29, 1.82) is 0 Å². The summed E-state index contributed by atoms with van der Waals surface area (Å²) in [4.78, 5) is 14.3. The predicted molar refractivity (Wildman–Crippen MR) is 129 cm³/mol. The van der Waals surface area contributed by atoms with Crippen LogP contribution < -0.4 is 5.32 Å². The van der Waals surface area contributed by atoms with Crippen LogP contribution in [0.15, 0.2) is 48.5 Å². The largest absolute Gasteiger partial charge is 0.394 e. The quantitative estimate of drug-likeness (QED) is 0.620. The van der Waals surface area contributed by atoms with E-state index in [4.69, 9.17) is 9.47 Å². The Hall–Kier alpha value is -2.32. The normalized spacial score (nSPS) is 26.8. The molecule has 0 radical (unpaired) electrons. The van der Waals surface area contributed by atoms with E-state index in [1.807, 2.05) is 19.0 Å². The molecule has 0 saturated carbocycles. The van der Waals surface area contributed by atoms with Gasteiger partial charge in [-0.05, 0) is 75.0 Å². The number of likely N-dealkylation sites (N-methyl/N-ethyl adjacent to an activating group) is 1. The van der Waals surface area contributed by atoms with Gasteiger partial charge in [-0.2, -0.15) is 0 Å². The van der Waals surface area contributed by atoms with Gasteiger partial charge in [0.25, 0.3) is 0 Å². The van der Waals surface area contributed by atoms with Gasteiger partial charge >= 0.3 is 0 Å². The standard InChI is InChI=1S/C27H35FN2O4/c1-30(2)16-27(32)29-23-15-26-25(14-12-22(17-31)33-26)34-24(23)13-5-18-3-6-19(7-4-18)20-8-10-21(28)11-9-20/h3-4,6-11,22-26,31H,5,12-17H2,1-2H3,(H,29,32)/t22-,23-,24-,25+,26+/m1/s1. The topological polar surface area (TPSA) is 71.0 Å². The van der Waals surface area contributed by atoms with Gasteiger partial charge in [-0.25, -0.2) is 4.39 Å². The van der Waals surface area contributed by atoms with E-state index in [0.29, 0.717) is 13.0 Å². The first-order valence-corrected chi connectivity index (χ1v) is 12.1. The van der Waals surface area contributed by atoms with Gasteiger partial charge in [0.2, 0.25) is 5.91 Å². The summed E-state index contributed by atoms with van der Waals surface area (Å²) < 4.78 is 25.7. The first-order valence-electron chi connectivity index (χ1n) is 12.1. The number of ether oxygens (including phenoxy) is 2. The molecule has 0 aliphatic carbocycles. The average Bonchev–Trinajstić information content (AvgIpc) is 2.82. The fourth-order valence-corrected chi connectivity index (χ4v) is 4.93. The number of rotatable bonds is 8. The second-order valence-corrected chi connectivity index (χ2v) is 9.66. The van der Waals surface area contributed by atoms with Gasteiger partial charge < -0.3 is 24.8 Å². The maximum Gasteiger partial charge on any atom is 0.234 e. The molecule has 2 heterocycles. The summed E-state index contributed by atoms with van der Waals surface area (Å²) in [5.41, 5.74) is 3.22. The zero-order chi connectivity index (χ0) is 24.1. The van der Waals surface area contributed by atoms with Crippen LogP contribution in [0.4, 0.5) is 4.39 Å². The van der Waals surface area contributed by atoms with Crippen molar-refractivity contribution in [3.8, 4) is 11.1 Å². The van der Waals surface area contributed by atoms with Gasteiger partial charge in [0.1, 0.15) is 5.82 Å². The molecule has 0 unspecified atom stereocenters. The van der Waals surface area contributed by atoms with Crippen LogP contribution >= 0.6 is 0 Å². The van der Waals surface area contributed by atoms with Crippen LogP contribution in [0.1, 0.15) is 31.2 Å². The second kappa shape index (κ2) is 11.4. The highest BCUT2D eigenvalue weighted by Crippen LogP contribution is 2.33. The SMILES string of the molecule is CN(C)CC(=O)N[C@@H]1C[C@@H]2O[C@@H](CO)CC[C@@H]2O[C@@H]1CCc1ccc(-c2ccc(F)cc2)cc1. The Labute approximate surface area is 201 Å². The molecule has 2 aliphatic rings. The molecule has 34 heavy (non-hydrogen) atoms. The summed E-state index contributed by atoms with van der Waals surface area (Å²) in [6.07, 6.45) is 3.58. The minimum absolute atomic E-state index is 0.00403. The van der Waals surface area contributed by atoms with Crippen molar-refractivity contribution in [3.63, 3.8) is 0 Å². The molecular weight excluding hydrogens is 435 g/mol. The third-order valence-corrected chi connectivity index (χ3v) is 6.70. The zero-order valence-corrected chi connectivity index (χ0v) is 20.0. The number of hydrogen-bond acceptors (Lipinski definition) is 5. The number of aliphatic hydroxyl groups is 1. The van der Waals surface area contributed by atoms with Crippen molar-refractivity contribution >= 4 is 5.91 Å². The molecule has 2 aromatic carbocycles. The molecule has 184 valence electrons. The van der Waals surface area contributed by atoms with E-state index in [1.54, 1.807) is 12.1 Å². The first kappa shape index (κ1) is 24.8. The Morgan fingerprint density at radius 3 is 2.35 bits per heavy atom. The lowest BCUT2D eigenvalue weighted by atomic mass is 9.88. The predicted octanol–water partition coefficient (Wildman–Crippen LogP) is 3.17. The van der Waals surface area contributed by atoms with Crippen molar-refractivity contribution in [1.82, 2.24) is 10.2 Å². The molecule has 2 aromatic rings. The number of nitrogens with zero attached hydrogens (tertiary/aromatic N) is 1. The van der Waals surface area contributed by atoms with Crippen molar-refractivity contribution in [3.05, 3.63) is 59.9 Å². The number of aryl methyl sites for hydroxylation is 1. The average molecular weight is 471 g/mol. The van der Waals surface area contributed by atoms with Gasteiger partial charge in [0, 0.05) is 0 Å². The number of benzene rings is 2. The third kappa shape index (κ3) is 6.42. The fraction of sp³-hybridized carbons (Fsp3) is 0.519. The molecule has 2 aliphatic heterocycles.